The lowest BCUT2D eigenvalue weighted by molar-refractivity contribution is 0.415. The van der Waals surface area contributed by atoms with Crippen LogP contribution in [-0.4, -0.2) is 18.6 Å². The Hall–Kier alpha value is -1.48. The van der Waals surface area contributed by atoms with Gasteiger partial charge in [0.15, 0.2) is 0 Å². The standard InChI is InChI=1S/C14H18N2O/c1-17-10-5-6-12-11(7-10)14-9(8-15)3-2-4-13(14)16-12/h5-7,9,16H,2-4,8,15H2,1H3/t9-/m0/s1. The third-order valence-corrected chi connectivity index (χ3v) is 3.80. The Labute approximate surface area is 101 Å². The lowest BCUT2D eigenvalue weighted by atomic mass is 9.85. The number of aromatic amines is 1. The highest BCUT2D eigenvalue weighted by Gasteiger charge is 2.23. The minimum atomic E-state index is 0.500. The zero-order valence-corrected chi connectivity index (χ0v) is 10.1. The molecule has 1 aliphatic carbocycles. The summed E-state index contributed by atoms with van der Waals surface area (Å²) < 4.78 is 5.31. The van der Waals surface area contributed by atoms with Crippen molar-refractivity contribution in [2.45, 2.75) is 25.2 Å². The number of ether oxygens (including phenoxy) is 1. The van der Waals surface area contributed by atoms with E-state index in [0.717, 1.165) is 18.7 Å². The van der Waals surface area contributed by atoms with E-state index in [1.54, 1.807) is 7.11 Å². The van der Waals surface area contributed by atoms with Crippen LogP contribution in [0.4, 0.5) is 0 Å². The Morgan fingerprint density at radius 3 is 3.12 bits per heavy atom. The molecule has 90 valence electrons. The van der Waals surface area contributed by atoms with Crippen LogP contribution < -0.4 is 10.5 Å². The Morgan fingerprint density at radius 1 is 1.47 bits per heavy atom. The van der Waals surface area contributed by atoms with Gasteiger partial charge in [-0.25, -0.2) is 0 Å². The maximum Gasteiger partial charge on any atom is 0.119 e. The summed E-state index contributed by atoms with van der Waals surface area (Å²) >= 11 is 0. The van der Waals surface area contributed by atoms with Gasteiger partial charge in [-0.1, -0.05) is 0 Å². The summed E-state index contributed by atoms with van der Waals surface area (Å²) in [5, 5.41) is 1.29. The number of aromatic nitrogens is 1. The first-order valence-corrected chi connectivity index (χ1v) is 6.22. The van der Waals surface area contributed by atoms with Gasteiger partial charge in [0.05, 0.1) is 7.11 Å². The molecule has 0 spiro atoms. The largest absolute Gasteiger partial charge is 0.497 e. The minimum absolute atomic E-state index is 0.500. The van der Waals surface area contributed by atoms with E-state index in [1.807, 2.05) is 6.07 Å². The summed E-state index contributed by atoms with van der Waals surface area (Å²) in [5.41, 5.74) is 9.89. The normalized spacial score (nSPS) is 19.3. The van der Waals surface area contributed by atoms with Crippen molar-refractivity contribution in [3.8, 4) is 5.75 Å². The van der Waals surface area contributed by atoms with Gasteiger partial charge in [-0.3, -0.25) is 0 Å². The SMILES string of the molecule is COc1ccc2[nH]c3c(c2c1)[C@H](CN)CCC3. The van der Waals surface area contributed by atoms with Gasteiger partial charge >= 0.3 is 0 Å². The van der Waals surface area contributed by atoms with Gasteiger partial charge in [-0.05, 0) is 55.5 Å². The van der Waals surface area contributed by atoms with Gasteiger partial charge < -0.3 is 15.5 Å². The summed E-state index contributed by atoms with van der Waals surface area (Å²) in [6.45, 7) is 0.733. The molecule has 0 saturated heterocycles. The van der Waals surface area contributed by atoms with Crippen molar-refractivity contribution in [3.63, 3.8) is 0 Å². The fraction of sp³-hybridized carbons (Fsp3) is 0.429. The zero-order chi connectivity index (χ0) is 11.8. The van der Waals surface area contributed by atoms with Gasteiger partial charge in [-0.2, -0.15) is 0 Å². The van der Waals surface area contributed by atoms with Crippen molar-refractivity contribution in [3.05, 3.63) is 29.5 Å². The lowest BCUT2D eigenvalue weighted by Gasteiger charge is -2.21. The monoisotopic (exact) mass is 230 g/mol. The van der Waals surface area contributed by atoms with Crippen LogP contribution in [0.5, 0.6) is 5.75 Å². The van der Waals surface area contributed by atoms with E-state index in [-0.39, 0.29) is 0 Å². The molecule has 3 nitrogen and oxygen atoms in total. The Morgan fingerprint density at radius 2 is 2.35 bits per heavy atom. The average molecular weight is 230 g/mol. The van der Waals surface area contributed by atoms with E-state index < -0.39 is 0 Å². The van der Waals surface area contributed by atoms with Crippen LogP contribution in [0, 0.1) is 0 Å². The molecule has 0 unspecified atom stereocenters. The lowest BCUT2D eigenvalue weighted by Crippen LogP contribution is -2.17. The van der Waals surface area contributed by atoms with E-state index in [2.05, 4.69) is 17.1 Å². The zero-order valence-electron chi connectivity index (χ0n) is 10.1. The molecule has 0 bridgehead atoms. The molecular weight excluding hydrogens is 212 g/mol. The molecule has 1 aromatic carbocycles. The maximum absolute atomic E-state index is 5.89. The number of nitrogens with one attached hydrogen (secondary N) is 1. The second-order valence-electron chi connectivity index (χ2n) is 4.75. The van der Waals surface area contributed by atoms with Gasteiger partial charge in [0.25, 0.3) is 0 Å². The van der Waals surface area contributed by atoms with Crippen LogP contribution >= 0.6 is 0 Å². The topological polar surface area (TPSA) is 51.0 Å². The van der Waals surface area contributed by atoms with Crippen LogP contribution in [0.2, 0.25) is 0 Å². The van der Waals surface area contributed by atoms with Crippen molar-refractivity contribution >= 4 is 10.9 Å². The van der Waals surface area contributed by atoms with E-state index >= 15 is 0 Å². The Kier molecular flexibility index (Phi) is 2.56. The molecule has 1 aliphatic rings. The molecule has 0 radical (unpaired) electrons. The second kappa shape index (κ2) is 4.08. The van der Waals surface area contributed by atoms with E-state index in [1.165, 1.54) is 35.0 Å². The van der Waals surface area contributed by atoms with Crippen LogP contribution in [0.3, 0.4) is 0 Å². The molecule has 1 atom stereocenters. The first-order valence-electron chi connectivity index (χ1n) is 6.22. The smallest absolute Gasteiger partial charge is 0.119 e. The molecule has 1 aromatic heterocycles. The molecule has 17 heavy (non-hydrogen) atoms. The number of hydrogen-bond acceptors (Lipinski definition) is 2. The van der Waals surface area contributed by atoms with Crippen LogP contribution in [0.25, 0.3) is 10.9 Å². The van der Waals surface area contributed by atoms with Crippen molar-refractivity contribution in [2.24, 2.45) is 5.73 Å². The highest BCUT2D eigenvalue weighted by molar-refractivity contribution is 5.87. The number of nitrogens with two attached hydrogens (primary N) is 1. The number of methoxy groups -OCH3 is 1. The van der Waals surface area contributed by atoms with Gasteiger partial charge in [0.1, 0.15) is 5.75 Å². The maximum atomic E-state index is 5.89. The van der Waals surface area contributed by atoms with Crippen molar-refractivity contribution in [1.82, 2.24) is 4.98 Å². The van der Waals surface area contributed by atoms with Crippen molar-refractivity contribution < 1.29 is 4.74 Å². The van der Waals surface area contributed by atoms with Gasteiger partial charge in [-0.15, -0.1) is 0 Å². The molecule has 3 rings (SSSR count). The quantitative estimate of drug-likeness (QED) is 0.833. The molecule has 3 heteroatoms. The van der Waals surface area contributed by atoms with Gasteiger partial charge in [0.2, 0.25) is 0 Å². The molecule has 3 N–H and O–H groups in total. The molecule has 2 aromatic rings. The molecule has 0 saturated carbocycles. The first-order chi connectivity index (χ1) is 8.33. The molecular formula is C14H18N2O. The van der Waals surface area contributed by atoms with E-state index in [9.17, 15) is 0 Å². The number of hydrogen-bond donors (Lipinski definition) is 2. The number of benzene rings is 1. The summed E-state index contributed by atoms with van der Waals surface area (Å²) in [6.07, 6.45) is 3.58. The molecule has 1 heterocycles. The van der Waals surface area contributed by atoms with Gasteiger partial charge in [0, 0.05) is 16.6 Å². The average Bonchev–Trinajstić information content (AvgIpc) is 2.75. The number of aryl methyl sites for hydroxylation is 1. The molecule has 0 fully saturated rings. The summed E-state index contributed by atoms with van der Waals surface area (Å²) in [4.78, 5) is 3.52. The number of rotatable bonds is 2. The number of fused-ring (bicyclic) bond motifs is 3. The highest BCUT2D eigenvalue weighted by atomic mass is 16.5. The van der Waals surface area contributed by atoms with E-state index in [4.69, 9.17) is 10.5 Å². The minimum Gasteiger partial charge on any atom is -0.497 e. The van der Waals surface area contributed by atoms with Crippen LogP contribution in [0.15, 0.2) is 18.2 Å². The predicted molar refractivity (Wildman–Crippen MR) is 69.6 cm³/mol. The van der Waals surface area contributed by atoms with E-state index in [0.29, 0.717) is 5.92 Å². The van der Waals surface area contributed by atoms with Crippen molar-refractivity contribution in [2.75, 3.05) is 13.7 Å². The highest BCUT2D eigenvalue weighted by Crippen LogP contribution is 2.37. The fourth-order valence-corrected chi connectivity index (χ4v) is 2.94. The first kappa shape index (κ1) is 10.7. The Balaban J connectivity index is 2.23. The number of H-pyrrole nitrogens is 1. The summed E-state index contributed by atoms with van der Waals surface area (Å²) in [5.74, 6) is 1.42. The third-order valence-electron chi connectivity index (χ3n) is 3.80. The Bertz CT molecular complexity index is 544. The summed E-state index contributed by atoms with van der Waals surface area (Å²) in [6, 6.07) is 6.22. The molecule has 0 amide bonds. The second-order valence-corrected chi connectivity index (χ2v) is 4.75. The third kappa shape index (κ3) is 1.62. The fourth-order valence-electron chi connectivity index (χ4n) is 2.94. The van der Waals surface area contributed by atoms with Crippen LogP contribution in [-0.2, 0) is 6.42 Å². The summed E-state index contributed by atoms with van der Waals surface area (Å²) in [7, 11) is 1.71. The van der Waals surface area contributed by atoms with Crippen LogP contribution in [0.1, 0.15) is 30.0 Å². The van der Waals surface area contributed by atoms with Crippen molar-refractivity contribution in [1.29, 1.82) is 0 Å². The molecule has 0 aliphatic heterocycles. The predicted octanol–water partition coefficient (Wildman–Crippen LogP) is 2.56.